The van der Waals surface area contributed by atoms with Gasteiger partial charge in [0.25, 0.3) is 0 Å². The number of para-hydroxylation sites is 2. The van der Waals surface area contributed by atoms with Gasteiger partial charge in [0.1, 0.15) is 0 Å². The molecule has 0 aliphatic heterocycles. The van der Waals surface area contributed by atoms with Crippen LogP contribution in [0.3, 0.4) is 0 Å². The van der Waals surface area contributed by atoms with Crippen molar-refractivity contribution in [3.63, 3.8) is 0 Å². The minimum Gasteiger partial charge on any atom is -0.309 e. The zero-order valence-electron chi connectivity index (χ0n) is 32.2. The number of aromatic nitrogens is 5. The van der Waals surface area contributed by atoms with E-state index in [4.69, 9.17) is 19.9 Å². The van der Waals surface area contributed by atoms with Gasteiger partial charge in [-0.2, -0.15) is 0 Å². The maximum Gasteiger partial charge on any atom is 0.164 e. The van der Waals surface area contributed by atoms with Gasteiger partial charge in [-0.25, -0.2) is 19.9 Å². The molecule has 0 amide bonds. The zero-order chi connectivity index (χ0) is 39.6. The lowest BCUT2D eigenvalue weighted by Crippen LogP contribution is -2.00. The monoisotopic (exact) mass is 783 g/mol. The van der Waals surface area contributed by atoms with E-state index in [1.165, 1.54) is 58.5 Å². The molecule has 280 valence electrons. The van der Waals surface area contributed by atoms with E-state index >= 15 is 0 Å². The summed E-state index contributed by atoms with van der Waals surface area (Å²) in [4.78, 5) is 20.5. The highest BCUT2D eigenvalue weighted by molar-refractivity contribution is 7.26. The zero-order valence-corrected chi connectivity index (χ0v) is 33.0. The highest BCUT2D eigenvalue weighted by Crippen LogP contribution is 2.44. The minimum atomic E-state index is 0.615. The first-order chi connectivity index (χ1) is 29.7. The van der Waals surface area contributed by atoms with Crippen LogP contribution in [0.15, 0.2) is 200 Å². The molecule has 0 aliphatic rings. The second kappa shape index (κ2) is 13.9. The van der Waals surface area contributed by atoms with Crippen LogP contribution in [0.25, 0.3) is 115 Å². The van der Waals surface area contributed by atoms with Gasteiger partial charge in [0.05, 0.1) is 26.9 Å². The number of fused-ring (bicyclic) bond motifs is 8. The van der Waals surface area contributed by atoms with Crippen molar-refractivity contribution in [2.45, 2.75) is 0 Å². The molecule has 0 saturated carbocycles. The fraction of sp³-hybridized carbons (Fsp3) is 0. The topological polar surface area (TPSA) is 56.5 Å². The van der Waals surface area contributed by atoms with Crippen LogP contribution in [0, 0.1) is 0 Å². The maximum absolute atomic E-state index is 5.34. The Bertz CT molecular complexity index is 3520. The smallest absolute Gasteiger partial charge is 0.164 e. The molecule has 0 fully saturated rings. The lowest BCUT2D eigenvalue weighted by molar-refractivity contribution is 1.07. The van der Waals surface area contributed by atoms with Gasteiger partial charge in [-0.1, -0.05) is 146 Å². The molecule has 0 atom stereocenters. The molecule has 5 nitrogen and oxygen atoms in total. The largest absolute Gasteiger partial charge is 0.309 e. The second-order valence-corrected chi connectivity index (χ2v) is 16.1. The molecule has 0 radical (unpaired) electrons. The third-order valence-electron chi connectivity index (χ3n) is 11.5. The first-order valence-electron chi connectivity index (χ1n) is 20.1. The Morgan fingerprint density at radius 3 is 1.47 bits per heavy atom. The Kier molecular flexibility index (Phi) is 7.96. The van der Waals surface area contributed by atoms with Crippen molar-refractivity contribution in [3.8, 4) is 62.2 Å². The normalized spacial score (nSPS) is 11.7. The van der Waals surface area contributed by atoms with Crippen molar-refractivity contribution in [1.82, 2.24) is 24.5 Å². The van der Waals surface area contributed by atoms with Gasteiger partial charge < -0.3 is 4.57 Å². The Morgan fingerprint density at radius 1 is 0.350 bits per heavy atom. The molecule has 0 saturated heterocycles. The number of pyridine rings is 1. The van der Waals surface area contributed by atoms with E-state index < -0.39 is 0 Å². The Hall–Kier alpha value is -7.80. The summed E-state index contributed by atoms with van der Waals surface area (Å²) in [5.41, 5.74) is 11.6. The summed E-state index contributed by atoms with van der Waals surface area (Å²) in [6.07, 6.45) is 0. The van der Waals surface area contributed by atoms with Crippen LogP contribution in [0.5, 0.6) is 0 Å². The maximum atomic E-state index is 5.34. The van der Waals surface area contributed by atoms with Gasteiger partial charge in [0.15, 0.2) is 17.5 Å². The van der Waals surface area contributed by atoms with E-state index in [0.717, 1.165) is 39.2 Å². The summed E-state index contributed by atoms with van der Waals surface area (Å²) in [6, 6.07) is 70.2. The van der Waals surface area contributed by atoms with E-state index in [0.29, 0.717) is 17.5 Å². The first kappa shape index (κ1) is 34.3. The predicted molar refractivity (Wildman–Crippen MR) is 250 cm³/mol. The predicted octanol–water partition coefficient (Wildman–Crippen LogP) is 14.2. The van der Waals surface area contributed by atoms with Crippen molar-refractivity contribution < 1.29 is 0 Å². The lowest BCUT2D eigenvalue weighted by Gasteiger charge is -2.11. The molecule has 12 rings (SSSR count). The Balaban J connectivity index is 0.956. The van der Waals surface area contributed by atoms with Gasteiger partial charge in [0.2, 0.25) is 0 Å². The van der Waals surface area contributed by atoms with Gasteiger partial charge in [-0.3, -0.25) is 0 Å². The van der Waals surface area contributed by atoms with Crippen LogP contribution >= 0.6 is 11.3 Å². The molecule has 0 bridgehead atoms. The fourth-order valence-corrected chi connectivity index (χ4v) is 9.81. The lowest BCUT2D eigenvalue weighted by atomic mass is 9.98. The number of nitrogens with zero attached hydrogens (tertiary/aromatic N) is 5. The summed E-state index contributed by atoms with van der Waals surface area (Å²) in [5, 5.41) is 6.14. The van der Waals surface area contributed by atoms with Crippen molar-refractivity contribution in [2.24, 2.45) is 0 Å². The number of hydrogen-bond acceptors (Lipinski definition) is 5. The van der Waals surface area contributed by atoms with Crippen LogP contribution in [-0.2, 0) is 0 Å². The van der Waals surface area contributed by atoms with E-state index in [1.807, 2.05) is 30.3 Å². The van der Waals surface area contributed by atoms with Crippen LogP contribution in [0.2, 0.25) is 0 Å². The molecule has 8 aromatic carbocycles. The molecule has 0 N–H and O–H groups in total. The van der Waals surface area contributed by atoms with Crippen molar-refractivity contribution >= 4 is 64.2 Å². The second-order valence-electron chi connectivity index (χ2n) is 15.0. The summed E-state index contributed by atoms with van der Waals surface area (Å²) >= 11 is 1.80. The van der Waals surface area contributed by atoms with Crippen LogP contribution in [-0.4, -0.2) is 24.5 Å². The number of benzene rings is 8. The van der Waals surface area contributed by atoms with E-state index in [-0.39, 0.29) is 0 Å². The van der Waals surface area contributed by atoms with E-state index in [9.17, 15) is 0 Å². The summed E-state index contributed by atoms with van der Waals surface area (Å²) in [7, 11) is 0. The molecule has 0 unspecified atom stereocenters. The molecule has 4 aromatic heterocycles. The summed E-state index contributed by atoms with van der Waals surface area (Å²) in [6.45, 7) is 0. The standard InChI is InChI=1S/C54H33N5S/c1-3-13-34(14-4-1)39-29-32-45-44(33-39)49-43-19-9-12-22-48(43)60-51(49)50(55-45)35-23-25-37(26-24-35)53-56-52(36-15-5-2-6-16-36)57-54(58-53)38-27-30-40(31-28-38)59-46-20-10-7-17-41(46)42-18-8-11-21-47(42)59/h1-33H. The van der Waals surface area contributed by atoms with Gasteiger partial charge >= 0.3 is 0 Å². The van der Waals surface area contributed by atoms with E-state index in [2.05, 4.69) is 174 Å². The number of thiophene rings is 1. The number of hydrogen-bond donors (Lipinski definition) is 0. The highest BCUT2D eigenvalue weighted by atomic mass is 32.1. The van der Waals surface area contributed by atoms with Gasteiger partial charge in [-0.15, -0.1) is 11.3 Å². The van der Waals surface area contributed by atoms with Crippen LogP contribution < -0.4 is 0 Å². The quantitative estimate of drug-likeness (QED) is 0.169. The molecule has 60 heavy (non-hydrogen) atoms. The van der Waals surface area contributed by atoms with Gasteiger partial charge in [-0.05, 0) is 65.7 Å². The molecule has 12 aromatic rings. The third-order valence-corrected chi connectivity index (χ3v) is 12.6. The Morgan fingerprint density at radius 2 is 0.833 bits per heavy atom. The average Bonchev–Trinajstić information content (AvgIpc) is 3.89. The van der Waals surface area contributed by atoms with Crippen LogP contribution in [0.1, 0.15) is 0 Å². The molecule has 6 heteroatoms. The third kappa shape index (κ3) is 5.69. The van der Waals surface area contributed by atoms with E-state index in [1.54, 1.807) is 11.3 Å². The average molecular weight is 784 g/mol. The fourth-order valence-electron chi connectivity index (χ4n) is 8.58. The molecule has 4 heterocycles. The van der Waals surface area contributed by atoms with Crippen molar-refractivity contribution in [3.05, 3.63) is 200 Å². The first-order valence-corrected chi connectivity index (χ1v) is 20.9. The van der Waals surface area contributed by atoms with Crippen molar-refractivity contribution in [1.29, 1.82) is 0 Å². The molecular weight excluding hydrogens is 751 g/mol. The summed E-state index contributed by atoms with van der Waals surface area (Å²) in [5.74, 6) is 1.86. The summed E-state index contributed by atoms with van der Waals surface area (Å²) < 4.78 is 4.75. The number of rotatable bonds is 6. The Labute approximate surface area is 349 Å². The molecule has 0 aliphatic carbocycles. The van der Waals surface area contributed by atoms with Crippen LogP contribution in [0.4, 0.5) is 0 Å². The molecular formula is C54H33N5S. The van der Waals surface area contributed by atoms with Gasteiger partial charge in [0, 0.05) is 59.6 Å². The highest BCUT2D eigenvalue weighted by Gasteiger charge is 2.19. The minimum absolute atomic E-state index is 0.615. The molecule has 0 spiro atoms. The van der Waals surface area contributed by atoms with Crippen molar-refractivity contribution in [2.75, 3.05) is 0 Å². The SMILES string of the molecule is c1ccc(-c2ccc3nc(-c4ccc(-c5nc(-c6ccccc6)nc(-c6ccc(-n7c8ccccc8c8ccccc87)cc6)n5)cc4)c4sc5ccccc5c4c3c2)cc1.